The molecule has 0 spiro atoms. The molecule has 19 heavy (non-hydrogen) atoms. The molecule has 0 aliphatic carbocycles. The fraction of sp³-hybridized carbons (Fsp3) is 0.286. The summed E-state index contributed by atoms with van der Waals surface area (Å²) in [5.74, 6) is -1.26. The Labute approximate surface area is 111 Å². The summed E-state index contributed by atoms with van der Waals surface area (Å²) in [6.07, 6.45) is 2.27. The van der Waals surface area contributed by atoms with Crippen molar-refractivity contribution in [2.75, 3.05) is 13.2 Å². The molecule has 0 aliphatic rings. The third kappa shape index (κ3) is 6.38. The molecule has 1 rings (SSSR count). The summed E-state index contributed by atoms with van der Waals surface area (Å²) in [7, 11) is 0. The molecule has 0 aliphatic heterocycles. The van der Waals surface area contributed by atoms with Gasteiger partial charge in [0.25, 0.3) is 0 Å². The second kappa shape index (κ2) is 8.05. The van der Waals surface area contributed by atoms with Crippen LogP contribution >= 0.6 is 0 Å². The largest absolute Gasteiger partial charge is 0.479 e. The normalized spacial score (nSPS) is 12.3. The molecular formula is C14H17NO4. The number of carboxylic acid groups (broad SMARTS) is 1. The number of hydrogen-bond acceptors (Lipinski definition) is 3. The summed E-state index contributed by atoms with van der Waals surface area (Å²) in [5.41, 5.74) is 0.938. The van der Waals surface area contributed by atoms with E-state index >= 15 is 0 Å². The lowest BCUT2D eigenvalue weighted by molar-refractivity contribution is -0.148. The van der Waals surface area contributed by atoms with Crippen molar-refractivity contribution in [2.45, 2.75) is 13.0 Å². The quantitative estimate of drug-likeness (QED) is 0.574. The molecule has 1 atom stereocenters. The number of hydrogen-bond donors (Lipinski definition) is 2. The lowest BCUT2D eigenvalue weighted by atomic mass is 10.2. The lowest BCUT2D eigenvalue weighted by Gasteiger charge is -2.08. The molecule has 1 amide bonds. The van der Waals surface area contributed by atoms with Crippen molar-refractivity contribution < 1.29 is 19.4 Å². The fourth-order valence-corrected chi connectivity index (χ4v) is 1.28. The van der Waals surface area contributed by atoms with Gasteiger partial charge in [-0.25, -0.2) is 4.79 Å². The van der Waals surface area contributed by atoms with Gasteiger partial charge in [0.15, 0.2) is 6.10 Å². The van der Waals surface area contributed by atoms with Crippen LogP contribution in [0.25, 0.3) is 6.08 Å². The first kappa shape index (κ1) is 14.9. The third-order valence-electron chi connectivity index (χ3n) is 2.34. The molecular weight excluding hydrogens is 246 g/mol. The monoisotopic (exact) mass is 263 g/mol. The van der Waals surface area contributed by atoms with E-state index < -0.39 is 12.1 Å². The van der Waals surface area contributed by atoms with Crippen LogP contribution in [0.15, 0.2) is 36.4 Å². The van der Waals surface area contributed by atoms with E-state index in [1.54, 1.807) is 6.08 Å². The summed E-state index contributed by atoms with van der Waals surface area (Å²) >= 11 is 0. The molecule has 0 heterocycles. The van der Waals surface area contributed by atoms with Gasteiger partial charge in [-0.2, -0.15) is 0 Å². The van der Waals surface area contributed by atoms with Crippen molar-refractivity contribution in [2.24, 2.45) is 0 Å². The van der Waals surface area contributed by atoms with Gasteiger partial charge in [0.1, 0.15) is 0 Å². The maximum absolute atomic E-state index is 11.4. The Kier molecular flexibility index (Phi) is 6.32. The van der Waals surface area contributed by atoms with Gasteiger partial charge in [-0.1, -0.05) is 30.3 Å². The Morgan fingerprint density at radius 1 is 1.37 bits per heavy atom. The molecule has 0 bridgehead atoms. The Hall–Kier alpha value is -2.14. The van der Waals surface area contributed by atoms with Crippen LogP contribution < -0.4 is 5.32 Å². The molecule has 5 heteroatoms. The van der Waals surface area contributed by atoms with E-state index in [-0.39, 0.29) is 19.1 Å². The van der Waals surface area contributed by atoms with Gasteiger partial charge in [0, 0.05) is 12.6 Å². The number of carbonyl (C=O) groups excluding carboxylic acids is 1. The number of aliphatic carboxylic acids is 1. The number of rotatable bonds is 7. The highest BCUT2D eigenvalue weighted by molar-refractivity contribution is 5.91. The number of ether oxygens (including phenoxy) is 1. The molecule has 0 radical (unpaired) electrons. The molecule has 5 nitrogen and oxygen atoms in total. The van der Waals surface area contributed by atoms with E-state index in [0.29, 0.717) is 0 Å². The van der Waals surface area contributed by atoms with Crippen molar-refractivity contribution in [3.63, 3.8) is 0 Å². The van der Waals surface area contributed by atoms with Crippen LogP contribution in [0.1, 0.15) is 12.5 Å². The Bertz CT molecular complexity index is 442. The Morgan fingerprint density at radius 2 is 2.05 bits per heavy atom. The summed E-state index contributed by atoms with van der Waals surface area (Å²) in [6, 6.07) is 9.46. The van der Waals surface area contributed by atoms with Crippen molar-refractivity contribution in [3.8, 4) is 0 Å². The SMILES string of the molecule is CC(OCCNC(=O)/C=C/c1ccccc1)C(=O)O. The first-order chi connectivity index (χ1) is 9.09. The topological polar surface area (TPSA) is 75.6 Å². The van der Waals surface area contributed by atoms with Gasteiger partial charge in [0.2, 0.25) is 5.91 Å². The summed E-state index contributed by atoms with van der Waals surface area (Å²) < 4.78 is 4.98. The van der Waals surface area contributed by atoms with Crippen LogP contribution in [-0.2, 0) is 14.3 Å². The molecule has 0 aromatic heterocycles. The maximum atomic E-state index is 11.4. The van der Waals surface area contributed by atoms with Crippen LogP contribution in [0.4, 0.5) is 0 Å². The van der Waals surface area contributed by atoms with Crippen molar-refractivity contribution in [1.29, 1.82) is 0 Å². The van der Waals surface area contributed by atoms with Gasteiger partial charge in [-0.15, -0.1) is 0 Å². The van der Waals surface area contributed by atoms with E-state index in [0.717, 1.165) is 5.56 Å². The first-order valence-electron chi connectivity index (χ1n) is 5.95. The molecule has 0 saturated carbocycles. The van der Waals surface area contributed by atoms with E-state index in [1.165, 1.54) is 13.0 Å². The van der Waals surface area contributed by atoms with E-state index in [9.17, 15) is 9.59 Å². The van der Waals surface area contributed by atoms with E-state index in [1.807, 2.05) is 30.3 Å². The van der Waals surface area contributed by atoms with Gasteiger partial charge in [0.05, 0.1) is 6.61 Å². The maximum Gasteiger partial charge on any atom is 0.332 e. The number of carboxylic acids is 1. The summed E-state index contributed by atoms with van der Waals surface area (Å²) in [4.78, 5) is 21.9. The number of nitrogens with one attached hydrogen (secondary N) is 1. The molecule has 102 valence electrons. The first-order valence-corrected chi connectivity index (χ1v) is 5.95. The summed E-state index contributed by atoms with van der Waals surface area (Å²) in [5, 5.41) is 11.2. The third-order valence-corrected chi connectivity index (χ3v) is 2.34. The van der Waals surface area contributed by atoms with Crippen LogP contribution in [0.2, 0.25) is 0 Å². The molecule has 0 fully saturated rings. The van der Waals surface area contributed by atoms with Crippen molar-refractivity contribution in [1.82, 2.24) is 5.32 Å². The van der Waals surface area contributed by atoms with Gasteiger partial charge in [-0.3, -0.25) is 4.79 Å². The highest BCUT2D eigenvalue weighted by Gasteiger charge is 2.09. The lowest BCUT2D eigenvalue weighted by Crippen LogP contribution is -2.29. The predicted molar refractivity (Wildman–Crippen MR) is 71.5 cm³/mol. The highest BCUT2D eigenvalue weighted by atomic mass is 16.5. The molecule has 2 N–H and O–H groups in total. The van der Waals surface area contributed by atoms with Gasteiger partial charge >= 0.3 is 5.97 Å². The predicted octanol–water partition coefficient (Wildman–Crippen LogP) is 1.31. The zero-order valence-electron chi connectivity index (χ0n) is 10.7. The molecule has 0 saturated heterocycles. The average molecular weight is 263 g/mol. The minimum absolute atomic E-state index is 0.165. The van der Waals surface area contributed by atoms with E-state index in [2.05, 4.69) is 5.32 Å². The van der Waals surface area contributed by atoms with Gasteiger partial charge in [-0.05, 0) is 18.6 Å². The van der Waals surface area contributed by atoms with Crippen LogP contribution in [0, 0.1) is 0 Å². The molecule has 1 unspecified atom stereocenters. The zero-order chi connectivity index (χ0) is 14.1. The molecule has 1 aromatic carbocycles. The van der Waals surface area contributed by atoms with Crippen LogP contribution in [-0.4, -0.2) is 36.2 Å². The van der Waals surface area contributed by atoms with Crippen LogP contribution in [0.3, 0.4) is 0 Å². The zero-order valence-corrected chi connectivity index (χ0v) is 10.7. The van der Waals surface area contributed by atoms with Crippen molar-refractivity contribution in [3.05, 3.63) is 42.0 Å². The van der Waals surface area contributed by atoms with Gasteiger partial charge < -0.3 is 15.2 Å². The average Bonchev–Trinajstić information content (AvgIpc) is 2.42. The number of carbonyl (C=O) groups is 2. The standard InChI is InChI=1S/C14H17NO4/c1-11(14(17)18)19-10-9-15-13(16)8-7-12-5-3-2-4-6-12/h2-8,11H,9-10H2,1H3,(H,15,16)(H,17,18)/b8-7+. The second-order valence-electron chi connectivity index (χ2n) is 3.89. The van der Waals surface area contributed by atoms with Crippen LogP contribution in [0.5, 0.6) is 0 Å². The number of amides is 1. The van der Waals surface area contributed by atoms with E-state index in [4.69, 9.17) is 9.84 Å². The Balaban J connectivity index is 2.22. The summed E-state index contributed by atoms with van der Waals surface area (Å²) in [6.45, 7) is 1.88. The van der Waals surface area contributed by atoms with Crippen molar-refractivity contribution >= 4 is 18.0 Å². The Morgan fingerprint density at radius 3 is 2.68 bits per heavy atom. The minimum Gasteiger partial charge on any atom is -0.479 e. The fourth-order valence-electron chi connectivity index (χ4n) is 1.28. The second-order valence-corrected chi connectivity index (χ2v) is 3.89. The number of benzene rings is 1. The smallest absolute Gasteiger partial charge is 0.332 e. The minimum atomic E-state index is -1.02. The molecule has 1 aromatic rings. The highest BCUT2D eigenvalue weighted by Crippen LogP contribution is 2.00.